The third kappa shape index (κ3) is 16.1. The van der Waals surface area contributed by atoms with E-state index < -0.39 is 71.8 Å². The van der Waals surface area contributed by atoms with Crippen LogP contribution in [-0.4, -0.2) is 72.5 Å². The molecule has 376 valence electrons. The van der Waals surface area contributed by atoms with Crippen molar-refractivity contribution in [2.24, 2.45) is 5.92 Å². The molecule has 5 rings (SSSR count). The van der Waals surface area contributed by atoms with Gasteiger partial charge < -0.3 is 39.4 Å². The Hall–Kier alpha value is -7.96. The van der Waals surface area contributed by atoms with Gasteiger partial charge >= 0.3 is 24.1 Å². The summed E-state index contributed by atoms with van der Waals surface area (Å²) in [7, 11) is 0. The van der Waals surface area contributed by atoms with Crippen molar-refractivity contribution in [1.29, 1.82) is 0 Å². The standard InChI is InChI=1S/C52H55F3N4O12/c1-4-7-10-19-39(42(5-2)59(33-60)71-50(65)36-20-23-38(24-21-36)52(53,54)55)47(62)56-32-57-49(64)44-27-26-43(70-44)37-22-25-40(45(28-37)67-6-3)48(63)58-41(51(66)69-31-35-17-13-9-14-18-35)29-46(61)68-30-34-15-11-8-12-16-34/h8-9,11-18,20-28,33,39,41-42H,4-7,10,19,29-32H2,1-3H3,(H,56,62)(H,57,64)(H,58,63)/t39-,41+,42-/m1/s1. The van der Waals surface area contributed by atoms with Crippen LogP contribution in [0, 0.1) is 5.92 Å². The number of carbonyl (C=O) groups is 7. The van der Waals surface area contributed by atoms with E-state index >= 15 is 0 Å². The number of hydroxylamine groups is 2. The molecule has 0 saturated carbocycles. The highest BCUT2D eigenvalue weighted by Crippen LogP contribution is 2.31. The van der Waals surface area contributed by atoms with Crippen LogP contribution >= 0.6 is 0 Å². The molecule has 0 bridgehead atoms. The number of hydrogen-bond acceptors (Lipinski definition) is 12. The number of hydrogen-bond donors (Lipinski definition) is 3. The first kappa shape index (κ1) is 54.0. The number of nitrogens with zero attached hydrogens (tertiary/aromatic N) is 1. The summed E-state index contributed by atoms with van der Waals surface area (Å²) in [6, 6.07) is 26.0. The van der Waals surface area contributed by atoms with Crippen LogP contribution in [0.5, 0.6) is 5.75 Å². The van der Waals surface area contributed by atoms with Gasteiger partial charge in [-0.05, 0) is 79.4 Å². The summed E-state index contributed by atoms with van der Waals surface area (Å²) in [5.74, 6) is -5.52. The van der Waals surface area contributed by atoms with Crippen molar-refractivity contribution in [3.05, 3.63) is 149 Å². The van der Waals surface area contributed by atoms with E-state index in [2.05, 4.69) is 16.0 Å². The number of ether oxygens (including phenoxy) is 3. The maximum atomic E-state index is 13.8. The largest absolute Gasteiger partial charge is 0.493 e. The van der Waals surface area contributed by atoms with Gasteiger partial charge in [-0.25, -0.2) is 9.59 Å². The van der Waals surface area contributed by atoms with Gasteiger partial charge in [-0.15, -0.1) is 0 Å². The molecule has 0 saturated heterocycles. The second-order valence-corrected chi connectivity index (χ2v) is 16.0. The zero-order valence-corrected chi connectivity index (χ0v) is 39.3. The Labute approximate surface area is 408 Å². The van der Waals surface area contributed by atoms with Gasteiger partial charge in [0.05, 0.1) is 48.3 Å². The Morgan fingerprint density at radius 3 is 2.03 bits per heavy atom. The molecular formula is C52H55F3N4O12. The van der Waals surface area contributed by atoms with E-state index in [4.69, 9.17) is 23.5 Å². The summed E-state index contributed by atoms with van der Waals surface area (Å²) in [6.45, 7) is 4.93. The third-order valence-corrected chi connectivity index (χ3v) is 11.0. The number of carbonyl (C=O) groups excluding carboxylic acids is 7. The smallest absolute Gasteiger partial charge is 0.416 e. The molecule has 0 fully saturated rings. The van der Waals surface area contributed by atoms with Crippen molar-refractivity contribution < 1.29 is 70.2 Å². The van der Waals surface area contributed by atoms with Gasteiger partial charge in [0.25, 0.3) is 11.8 Å². The number of rotatable bonds is 26. The molecule has 71 heavy (non-hydrogen) atoms. The van der Waals surface area contributed by atoms with E-state index in [1.165, 1.54) is 30.3 Å². The van der Waals surface area contributed by atoms with E-state index in [1.54, 1.807) is 68.4 Å². The Morgan fingerprint density at radius 1 is 0.761 bits per heavy atom. The molecule has 19 heteroatoms. The summed E-state index contributed by atoms with van der Waals surface area (Å²) in [5, 5.41) is 8.46. The highest BCUT2D eigenvalue weighted by Gasteiger charge is 2.35. The lowest BCUT2D eigenvalue weighted by Gasteiger charge is -2.31. The van der Waals surface area contributed by atoms with Crippen molar-refractivity contribution in [2.45, 2.75) is 90.8 Å². The second kappa shape index (κ2) is 26.7. The van der Waals surface area contributed by atoms with Crippen LogP contribution in [0.2, 0.25) is 0 Å². The molecule has 4 amide bonds. The Morgan fingerprint density at radius 2 is 1.42 bits per heavy atom. The monoisotopic (exact) mass is 984 g/mol. The van der Waals surface area contributed by atoms with E-state index in [9.17, 15) is 46.7 Å². The van der Waals surface area contributed by atoms with Gasteiger partial charge in [0, 0.05) is 5.56 Å². The van der Waals surface area contributed by atoms with Crippen LogP contribution in [0.4, 0.5) is 13.2 Å². The molecule has 1 aromatic heterocycles. The fraction of sp³-hybridized carbons (Fsp3) is 0.327. The van der Waals surface area contributed by atoms with Crippen LogP contribution in [0.15, 0.2) is 120 Å². The number of alkyl halides is 3. The first-order valence-electron chi connectivity index (χ1n) is 22.9. The lowest BCUT2D eigenvalue weighted by atomic mass is 9.90. The van der Waals surface area contributed by atoms with E-state index in [0.717, 1.165) is 30.5 Å². The molecule has 4 aromatic carbocycles. The van der Waals surface area contributed by atoms with Gasteiger partial charge in [0.15, 0.2) is 5.76 Å². The Bertz CT molecular complexity index is 2570. The van der Waals surface area contributed by atoms with Crippen LogP contribution in [0.25, 0.3) is 11.3 Å². The highest BCUT2D eigenvalue weighted by atomic mass is 19.4. The molecule has 0 spiro atoms. The molecule has 0 radical (unpaired) electrons. The van der Waals surface area contributed by atoms with Gasteiger partial charge in [0.1, 0.15) is 30.8 Å². The zero-order chi connectivity index (χ0) is 51.3. The SMILES string of the molecule is CCCCC[C@@H](C(=O)NCNC(=O)c1ccc(-c2ccc(C(=O)N[C@@H](CC(=O)OCc3ccccc3)C(=O)OCc3ccccc3)c(OCC)c2)o1)[C@@H](CC)N(C=O)OC(=O)c1ccc(C(F)(F)F)cc1. The summed E-state index contributed by atoms with van der Waals surface area (Å²) < 4.78 is 61.7. The molecule has 0 aliphatic carbocycles. The maximum Gasteiger partial charge on any atom is 0.416 e. The molecule has 5 aromatic rings. The molecule has 16 nitrogen and oxygen atoms in total. The number of amides is 4. The topological polar surface area (TPSA) is 209 Å². The van der Waals surface area contributed by atoms with Gasteiger partial charge in [-0.1, -0.05) is 99.8 Å². The van der Waals surface area contributed by atoms with Gasteiger partial charge in [-0.3, -0.25) is 24.0 Å². The van der Waals surface area contributed by atoms with Crippen LogP contribution in [0.1, 0.15) is 107 Å². The van der Waals surface area contributed by atoms with Crippen LogP contribution < -0.4 is 20.7 Å². The van der Waals surface area contributed by atoms with Gasteiger partial charge in [-0.2, -0.15) is 18.2 Å². The fourth-order valence-electron chi connectivity index (χ4n) is 7.27. The van der Waals surface area contributed by atoms with Crippen LogP contribution in [-0.2, 0) is 52.9 Å². The number of halogens is 3. The Kier molecular flexibility index (Phi) is 20.3. The number of unbranched alkanes of at least 4 members (excludes halogenated alkanes) is 2. The van der Waals surface area contributed by atoms with Crippen molar-refractivity contribution in [2.75, 3.05) is 13.3 Å². The number of benzene rings is 4. The number of furan rings is 1. The van der Waals surface area contributed by atoms with Crippen molar-refractivity contribution >= 4 is 42.0 Å². The summed E-state index contributed by atoms with van der Waals surface area (Å²) >= 11 is 0. The summed E-state index contributed by atoms with van der Waals surface area (Å²) in [5.41, 5.74) is 0.618. The van der Waals surface area contributed by atoms with Crippen molar-refractivity contribution in [1.82, 2.24) is 21.0 Å². The molecule has 0 aliphatic rings. The fourth-order valence-corrected chi connectivity index (χ4v) is 7.27. The number of esters is 2. The van der Waals surface area contributed by atoms with E-state index in [0.29, 0.717) is 34.7 Å². The van der Waals surface area contributed by atoms with Crippen molar-refractivity contribution in [3.63, 3.8) is 0 Å². The number of nitrogens with one attached hydrogen (secondary N) is 3. The highest BCUT2D eigenvalue weighted by molar-refractivity contribution is 6.00. The zero-order valence-electron chi connectivity index (χ0n) is 39.3. The normalized spacial score (nSPS) is 12.3. The third-order valence-electron chi connectivity index (χ3n) is 11.0. The molecular weight excluding hydrogens is 930 g/mol. The predicted molar refractivity (Wildman–Crippen MR) is 251 cm³/mol. The molecule has 3 atom stereocenters. The molecule has 3 N–H and O–H groups in total. The van der Waals surface area contributed by atoms with Gasteiger partial charge in [0.2, 0.25) is 12.3 Å². The lowest BCUT2D eigenvalue weighted by molar-refractivity contribution is -0.171. The van der Waals surface area contributed by atoms with Crippen LogP contribution in [0.3, 0.4) is 0 Å². The van der Waals surface area contributed by atoms with E-state index in [-0.39, 0.29) is 74.1 Å². The average Bonchev–Trinajstić information content (AvgIpc) is 3.88. The predicted octanol–water partition coefficient (Wildman–Crippen LogP) is 8.35. The quantitative estimate of drug-likeness (QED) is 0.0157. The minimum Gasteiger partial charge on any atom is -0.493 e. The minimum absolute atomic E-state index is 0.0151. The molecule has 0 unspecified atom stereocenters. The first-order valence-corrected chi connectivity index (χ1v) is 22.9. The summed E-state index contributed by atoms with van der Waals surface area (Å²) in [4.78, 5) is 97.4. The van der Waals surface area contributed by atoms with E-state index in [1.807, 2.05) is 13.0 Å². The second-order valence-electron chi connectivity index (χ2n) is 16.0. The maximum absolute atomic E-state index is 13.8. The first-order chi connectivity index (χ1) is 34.1. The minimum atomic E-state index is -4.63. The molecule has 0 aliphatic heterocycles. The lowest BCUT2D eigenvalue weighted by Crippen LogP contribution is -2.49. The summed E-state index contributed by atoms with van der Waals surface area (Å²) in [6.07, 6.45) is -2.39. The van der Waals surface area contributed by atoms with Crippen molar-refractivity contribution in [3.8, 4) is 17.1 Å². The molecule has 1 heterocycles. The Balaban J connectivity index is 1.23. The average molecular weight is 985 g/mol.